The van der Waals surface area contributed by atoms with Gasteiger partial charge in [0.2, 0.25) is 5.39 Å². The van der Waals surface area contributed by atoms with Crippen molar-refractivity contribution < 1.29 is 28.9 Å². The van der Waals surface area contributed by atoms with Gasteiger partial charge in [-0.3, -0.25) is 14.5 Å². The molecule has 0 spiro atoms. The lowest BCUT2D eigenvalue weighted by molar-refractivity contribution is -0.460. The van der Waals surface area contributed by atoms with Gasteiger partial charge in [-0.1, -0.05) is 0 Å². The summed E-state index contributed by atoms with van der Waals surface area (Å²) in [6.45, 7) is 0. The number of rotatable bonds is 6. The lowest BCUT2D eigenvalue weighted by Gasteiger charge is -2.16. The zero-order valence-electron chi connectivity index (χ0n) is 11.6. The van der Waals surface area contributed by atoms with E-state index >= 15 is 0 Å². The summed E-state index contributed by atoms with van der Waals surface area (Å²) in [6.07, 6.45) is 4.22. The highest BCUT2D eigenvalue weighted by Gasteiger charge is 2.30. The van der Waals surface area contributed by atoms with Gasteiger partial charge in [0.05, 0.1) is 0 Å². The molecule has 0 fully saturated rings. The van der Waals surface area contributed by atoms with Crippen molar-refractivity contribution in [2.24, 2.45) is 0 Å². The van der Waals surface area contributed by atoms with E-state index < -0.39 is 17.9 Å². The molecular formula is C9H6N4O6S6. The topological polar surface area (TPSA) is 118 Å². The third-order valence-electron chi connectivity index (χ3n) is 2.18. The molecule has 0 aromatic rings. The molecule has 3 aliphatic rings. The van der Waals surface area contributed by atoms with Crippen molar-refractivity contribution in [1.82, 2.24) is 19.6 Å². The molecule has 0 saturated heterocycles. The molecule has 3 N–H and O–H groups in total. The van der Waals surface area contributed by atoms with Gasteiger partial charge in [0, 0.05) is 51.5 Å². The molecule has 0 atom stereocenters. The fraction of sp³-hybridized carbons (Fsp3) is 0. The average Bonchev–Trinajstić information content (AvgIpc) is 3.38. The fourth-order valence-corrected chi connectivity index (χ4v) is 5.68. The molecule has 134 valence electrons. The van der Waals surface area contributed by atoms with Crippen LogP contribution in [0.15, 0.2) is 33.3 Å². The van der Waals surface area contributed by atoms with Crippen LogP contribution in [-0.4, -0.2) is 23.3 Å². The van der Waals surface area contributed by atoms with Crippen molar-refractivity contribution in [2.75, 3.05) is 0 Å². The summed E-state index contributed by atoms with van der Waals surface area (Å²) in [5.74, 6) is -2.57. The van der Waals surface area contributed by atoms with Gasteiger partial charge in [-0.25, -0.2) is 14.4 Å². The summed E-state index contributed by atoms with van der Waals surface area (Å²) in [5, 5.41) is 0.103. The molecule has 0 amide bonds. The number of hydrogen-bond acceptors (Lipinski definition) is 16. The lowest BCUT2D eigenvalue weighted by Crippen LogP contribution is -2.33. The lowest BCUT2D eigenvalue weighted by atomic mass is 10.6. The number of carbonyl (C=O) groups excluding carboxylic acids is 3. The van der Waals surface area contributed by atoms with Crippen LogP contribution >= 0.6 is 65.3 Å². The zero-order valence-corrected chi connectivity index (χ0v) is 16.5. The minimum absolute atomic E-state index is 0.103. The quantitative estimate of drug-likeness (QED) is 0.305. The summed E-state index contributed by atoms with van der Waals surface area (Å²) in [6, 6.07) is 0. The van der Waals surface area contributed by atoms with Crippen LogP contribution in [0.4, 0.5) is 0 Å². The second-order valence-corrected chi connectivity index (χ2v) is 9.77. The third kappa shape index (κ3) is 5.28. The van der Waals surface area contributed by atoms with Crippen LogP contribution < -0.4 is 14.2 Å². The Bertz CT molecular complexity index is 593. The Hall–Kier alpha value is -0.910. The molecule has 10 nitrogen and oxygen atoms in total. The van der Waals surface area contributed by atoms with E-state index in [1.54, 1.807) is 0 Å². The van der Waals surface area contributed by atoms with Gasteiger partial charge in [-0.15, -0.1) is 0 Å². The Balaban J connectivity index is 1.64. The van der Waals surface area contributed by atoms with Crippen molar-refractivity contribution in [2.45, 2.75) is 0 Å². The summed E-state index contributed by atoms with van der Waals surface area (Å²) in [7, 11) is 6.92. The van der Waals surface area contributed by atoms with E-state index in [9.17, 15) is 14.4 Å². The van der Waals surface area contributed by atoms with Crippen molar-refractivity contribution >= 4 is 83.2 Å². The normalized spacial score (nSPS) is 18.4. The smallest absolute Gasteiger partial charge is 0.326 e. The van der Waals surface area contributed by atoms with E-state index in [0.717, 1.165) is 32.4 Å². The Morgan fingerprint density at radius 3 is 1.24 bits per heavy atom. The zero-order chi connectivity index (χ0) is 17.6. The van der Waals surface area contributed by atoms with Crippen molar-refractivity contribution in [1.29, 1.82) is 0 Å². The standard InChI is InChI=1S/C9H6N4O6S6/c14-7(4-1-10-23-20-4)17-13(18-8(15)5-2-11-24-21-5)19-9(16)6-3-12-25-22-6/h1-3,10-12H. The van der Waals surface area contributed by atoms with Crippen molar-refractivity contribution in [3.8, 4) is 0 Å². The Morgan fingerprint density at radius 2 is 1.00 bits per heavy atom. The molecule has 25 heavy (non-hydrogen) atoms. The van der Waals surface area contributed by atoms with Crippen molar-refractivity contribution in [3.63, 3.8) is 0 Å². The first-order chi connectivity index (χ1) is 12.1. The van der Waals surface area contributed by atoms with Crippen LogP contribution in [0.2, 0.25) is 0 Å². The third-order valence-corrected chi connectivity index (χ3v) is 7.70. The summed E-state index contributed by atoms with van der Waals surface area (Å²) in [4.78, 5) is 51.1. The molecule has 0 aliphatic carbocycles. The molecule has 0 saturated carbocycles. The van der Waals surface area contributed by atoms with Gasteiger partial charge < -0.3 is 14.2 Å². The molecule has 0 aromatic heterocycles. The molecule has 0 radical (unpaired) electrons. The van der Waals surface area contributed by atoms with E-state index in [2.05, 4.69) is 14.2 Å². The Morgan fingerprint density at radius 1 is 0.680 bits per heavy atom. The van der Waals surface area contributed by atoms with Gasteiger partial charge in [-0.2, -0.15) is 0 Å². The summed E-state index contributed by atoms with van der Waals surface area (Å²) < 4.78 is 8.20. The van der Waals surface area contributed by atoms with E-state index in [4.69, 9.17) is 14.5 Å². The maximum absolute atomic E-state index is 12.0. The van der Waals surface area contributed by atoms with Gasteiger partial charge in [0.1, 0.15) is 14.7 Å². The highest BCUT2D eigenvalue weighted by Crippen LogP contribution is 2.36. The molecule has 3 heterocycles. The molecule has 3 aliphatic heterocycles. The molecule has 16 heteroatoms. The van der Waals surface area contributed by atoms with E-state index in [0.29, 0.717) is 0 Å². The highest BCUT2D eigenvalue weighted by molar-refractivity contribution is 8.78. The van der Waals surface area contributed by atoms with Gasteiger partial charge in [-0.05, 0) is 32.4 Å². The van der Waals surface area contributed by atoms with Gasteiger partial charge in [0.25, 0.3) is 0 Å². The first kappa shape index (κ1) is 18.9. The number of hydrogen-bond donors (Lipinski definition) is 3. The second kappa shape index (κ2) is 9.15. The van der Waals surface area contributed by atoms with E-state index in [-0.39, 0.29) is 20.1 Å². The molecule has 3 rings (SSSR count). The van der Waals surface area contributed by atoms with Crippen LogP contribution in [0.25, 0.3) is 0 Å². The van der Waals surface area contributed by atoms with E-state index in [1.807, 2.05) is 0 Å². The Labute approximate surface area is 164 Å². The van der Waals surface area contributed by atoms with Crippen LogP contribution in [0.3, 0.4) is 0 Å². The second-order valence-electron chi connectivity index (χ2n) is 3.74. The number of nitrogens with zero attached hydrogens (tertiary/aromatic N) is 1. The Kier molecular flexibility index (Phi) is 6.91. The minimum Gasteiger partial charge on any atom is -0.326 e. The summed E-state index contributed by atoms with van der Waals surface area (Å²) in [5.41, 5.74) is 0. The van der Waals surface area contributed by atoms with Crippen LogP contribution in [0.5, 0.6) is 0 Å². The first-order valence-corrected chi connectivity index (χ1v) is 12.4. The first-order valence-electron chi connectivity index (χ1n) is 5.98. The van der Waals surface area contributed by atoms with Crippen LogP contribution in [0, 0.1) is 0 Å². The van der Waals surface area contributed by atoms with Gasteiger partial charge in [0.15, 0.2) is 0 Å². The molecular weight excluding hydrogens is 453 g/mol. The van der Waals surface area contributed by atoms with Crippen LogP contribution in [0.1, 0.15) is 0 Å². The highest BCUT2D eigenvalue weighted by atomic mass is 33.1. The molecule has 0 aromatic carbocycles. The minimum atomic E-state index is -0.857. The predicted molar refractivity (Wildman–Crippen MR) is 99.3 cm³/mol. The van der Waals surface area contributed by atoms with Crippen molar-refractivity contribution in [3.05, 3.63) is 33.3 Å². The monoisotopic (exact) mass is 458 g/mol. The van der Waals surface area contributed by atoms with E-state index in [1.165, 1.54) is 51.5 Å². The molecule has 0 bridgehead atoms. The predicted octanol–water partition coefficient (Wildman–Crippen LogP) is 1.89. The van der Waals surface area contributed by atoms with Crippen LogP contribution in [-0.2, 0) is 28.9 Å². The van der Waals surface area contributed by atoms with Gasteiger partial charge >= 0.3 is 17.9 Å². The SMILES string of the molecule is O=C(ON(OC(=O)C1=CNSS1)OC(=O)C1=CNSS1)C1=CNSS1. The summed E-state index contributed by atoms with van der Waals surface area (Å²) >= 11 is 0. The maximum Gasteiger partial charge on any atom is 0.372 e. The number of carbonyl (C=O) groups is 3. The molecule has 0 unspecified atom stereocenters. The average molecular weight is 459 g/mol. The largest absolute Gasteiger partial charge is 0.372 e. The fourth-order valence-electron chi connectivity index (χ4n) is 1.18. The maximum atomic E-state index is 12.0. The number of nitrogens with one attached hydrogen (secondary N) is 3.